The summed E-state index contributed by atoms with van der Waals surface area (Å²) in [4.78, 5) is 61.2. The van der Waals surface area contributed by atoms with Crippen molar-refractivity contribution in [3.05, 3.63) is 0 Å². The first-order valence-corrected chi connectivity index (χ1v) is 40.5. The molecule has 0 aromatic carbocycles. The average Bonchev–Trinajstić information content (AvgIpc) is 1.77. The normalized spacial score (nSPS) is 25.2. The summed E-state index contributed by atoms with van der Waals surface area (Å²) in [6, 6.07) is 1.22. The lowest BCUT2D eigenvalue weighted by molar-refractivity contribution is 0.0755. The van der Waals surface area contributed by atoms with Crippen LogP contribution in [0.15, 0.2) is 0 Å². The Labute approximate surface area is 640 Å². The highest BCUT2D eigenvalue weighted by atomic mass is 32.2. The minimum absolute atomic E-state index is 0.0112. The Morgan fingerprint density at radius 2 is 0.651 bits per heavy atom. The number of rotatable bonds is 11. The van der Waals surface area contributed by atoms with Crippen LogP contribution in [0.2, 0.25) is 0 Å². The molecule has 8 saturated heterocycles. The van der Waals surface area contributed by atoms with Gasteiger partial charge in [-0.2, -0.15) is 0 Å². The van der Waals surface area contributed by atoms with E-state index < -0.39 is 10.0 Å². The van der Waals surface area contributed by atoms with Gasteiger partial charge >= 0.3 is 30.3 Å². The molecule has 0 bridgehead atoms. The molecule has 8 fully saturated rings. The van der Waals surface area contributed by atoms with Crippen molar-refractivity contribution in [2.75, 3.05) is 90.9 Å². The smallest absolute Gasteiger partial charge is 0.410 e. The Morgan fingerprint density at radius 3 is 0.925 bits per heavy atom. The quantitative estimate of drug-likeness (QED) is 0.0683. The van der Waals surface area contributed by atoms with E-state index in [0.29, 0.717) is 39.3 Å². The Hall–Kier alpha value is -6.62. The average molecular weight is 1500 g/mol. The molecule has 8 aliphatic heterocycles. The molecule has 0 aromatic rings. The number of carbonyl (C=O) groups excluding carboxylic acids is 5. The summed E-state index contributed by atoms with van der Waals surface area (Å²) in [5.41, 5.74) is 0.120. The maximum absolute atomic E-state index is 11.9. The number of carbonyl (C=O) groups is 5. The van der Waals surface area contributed by atoms with Gasteiger partial charge in [-0.3, -0.25) is 10.6 Å². The van der Waals surface area contributed by atoms with Gasteiger partial charge in [0.05, 0.1) is 48.6 Å². The highest BCUT2D eigenvalue weighted by molar-refractivity contribution is 7.89. The van der Waals surface area contributed by atoms with Crippen molar-refractivity contribution in [3.63, 3.8) is 0 Å². The number of sulfonamides is 1. The summed E-state index contributed by atoms with van der Waals surface area (Å²) in [7, 11) is -3.11. The Balaban J connectivity index is 0.000000330. The molecule has 25 heteroatoms. The lowest BCUT2D eigenvalue weighted by Gasteiger charge is -2.18. The Kier molecular flexibility index (Phi) is 40.1. The molecule has 3 unspecified atom stereocenters. The van der Waals surface area contributed by atoms with Gasteiger partial charge in [-0.1, -0.05) is 71.0 Å². The van der Waals surface area contributed by atoms with Gasteiger partial charge in [0, 0.05) is 148 Å². The van der Waals surface area contributed by atoms with Crippen LogP contribution in [0.3, 0.4) is 0 Å². The van der Waals surface area contributed by atoms with Crippen LogP contribution < -0.4 is 63.2 Å². The van der Waals surface area contributed by atoms with E-state index in [9.17, 15) is 32.4 Å². The van der Waals surface area contributed by atoms with E-state index in [2.05, 4.69) is 259 Å². The van der Waals surface area contributed by atoms with Crippen LogP contribution in [-0.4, -0.2) is 212 Å². The van der Waals surface area contributed by atoms with Crippen molar-refractivity contribution in [1.29, 1.82) is 0 Å². The monoisotopic (exact) mass is 1500 g/mol. The van der Waals surface area contributed by atoms with Gasteiger partial charge in [0.25, 0.3) is 0 Å². The molecule has 12 atom stereocenters. The van der Waals surface area contributed by atoms with Gasteiger partial charge in [-0.05, 0) is 204 Å². The van der Waals surface area contributed by atoms with Gasteiger partial charge < -0.3 is 71.9 Å². The minimum atomic E-state index is -3.11. The molecular formula is C81H138N14O10S. The van der Waals surface area contributed by atoms with Crippen molar-refractivity contribution in [1.82, 2.24) is 73.0 Å². The molecule has 24 nitrogen and oxygen atoms in total. The number of urea groups is 2. The van der Waals surface area contributed by atoms with Crippen molar-refractivity contribution < 1.29 is 46.6 Å². The lowest BCUT2D eigenvalue weighted by Crippen LogP contribution is -2.42. The molecule has 598 valence electrons. The van der Waals surface area contributed by atoms with E-state index in [1.807, 2.05) is 13.8 Å². The van der Waals surface area contributed by atoms with E-state index in [1.54, 1.807) is 23.6 Å². The van der Waals surface area contributed by atoms with Crippen molar-refractivity contribution in [2.24, 2.45) is 32.5 Å². The molecule has 8 rings (SSSR count). The van der Waals surface area contributed by atoms with Crippen LogP contribution in [0.4, 0.5) is 24.0 Å². The molecule has 106 heavy (non-hydrogen) atoms. The molecule has 8 aliphatic rings. The second-order valence-electron chi connectivity index (χ2n) is 34.4. The van der Waals surface area contributed by atoms with Crippen LogP contribution in [0, 0.1) is 104 Å². The highest BCUT2D eigenvalue weighted by Crippen LogP contribution is 2.21. The zero-order valence-electron chi connectivity index (χ0n) is 68.8. The van der Waals surface area contributed by atoms with Crippen LogP contribution in [0.25, 0.3) is 0 Å². The van der Waals surface area contributed by atoms with Crippen LogP contribution in [0.1, 0.15) is 217 Å². The summed E-state index contributed by atoms with van der Waals surface area (Å²) in [5, 5.41) is 33.9. The van der Waals surface area contributed by atoms with Crippen LogP contribution in [0.5, 0.6) is 0 Å². The summed E-state index contributed by atoms with van der Waals surface area (Å²) in [5.74, 6) is 38.7. The molecule has 0 aromatic heterocycles. The van der Waals surface area contributed by atoms with E-state index in [4.69, 9.17) is 14.2 Å². The number of hydrogen-bond acceptors (Lipinski definition) is 16. The molecular weight excluding hydrogens is 1360 g/mol. The topological polar surface area (TPSA) is 298 Å². The zero-order chi connectivity index (χ0) is 79.5. The summed E-state index contributed by atoms with van der Waals surface area (Å²) >= 11 is 0. The first-order valence-electron chi connectivity index (χ1n) is 38.8. The number of nitrogens with one attached hydrogen (secondary N) is 12. The maximum Gasteiger partial charge on any atom is 0.410 e. The first-order chi connectivity index (χ1) is 49.3. The van der Waals surface area contributed by atoms with E-state index in [1.165, 1.54) is 0 Å². The predicted molar refractivity (Wildman–Crippen MR) is 426 cm³/mol. The molecule has 0 radical (unpaired) electrons. The third-order valence-electron chi connectivity index (χ3n) is 16.4. The first kappa shape index (κ1) is 93.6. The molecule has 0 aliphatic carbocycles. The number of amides is 7. The second-order valence-corrected chi connectivity index (χ2v) is 36.4. The van der Waals surface area contributed by atoms with Gasteiger partial charge in [-0.15, -0.1) is 0 Å². The molecule has 8 heterocycles. The molecule has 0 spiro atoms. The van der Waals surface area contributed by atoms with Gasteiger partial charge in [0.2, 0.25) is 10.0 Å². The number of nitrogens with zero attached hydrogens (tertiary/aromatic N) is 2. The van der Waals surface area contributed by atoms with Crippen LogP contribution >= 0.6 is 0 Å². The summed E-state index contributed by atoms with van der Waals surface area (Å²) in [6.45, 7) is 54.3. The van der Waals surface area contributed by atoms with Crippen molar-refractivity contribution in [2.45, 2.75) is 289 Å². The van der Waals surface area contributed by atoms with Crippen LogP contribution in [-0.2, 0) is 24.2 Å². The zero-order valence-corrected chi connectivity index (χ0v) is 69.6. The number of hydrogen-bond donors (Lipinski definition) is 12. The van der Waals surface area contributed by atoms with Gasteiger partial charge in [0.1, 0.15) is 12.2 Å². The van der Waals surface area contributed by atoms with E-state index in [-0.39, 0.29) is 141 Å². The van der Waals surface area contributed by atoms with Crippen molar-refractivity contribution in [3.8, 4) is 71.0 Å². The number of likely N-dealkylation sites (tertiary alicyclic amines) is 2. The lowest BCUT2D eigenvalue weighted by atomic mass is 9.97. The maximum atomic E-state index is 11.9. The Bertz CT molecular complexity index is 3030. The SMILES string of the molecule is CC(C)(C)C#CC1C[C@@H](OC(=O)N2CCCC2)CN1.CC(C)(C)C#C[C@@H]1C[C@H](OC(=O)N2CCCC2)CN1.CCNC(=O)N[C@@H]1CNC(C#CC(C)(C)C)C1.CCNC(=O)N[C@H]1CN[C@H](C#CC(C)(C)C)C1.CCOC(=O)N[C@H]1CNC(C#CC(C)(C)C)C1.CCS(=O)(=O)N[C@H]1CN[C@H](C#CC(C)(C)C)C1. The van der Waals surface area contributed by atoms with Gasteiger partial charge in [-0.25, -0.2) is 37.1 Å². The minimum Gasteiger partial charge on any atom is -0.450 e. The largest absolute Gasteiger partial charge is 0.450 e. The van der Waals surface area contributed by atoms with Gasteiger partial charge in [0.15, 0.2) is 0 Å². The molecule has 12 N–H and O–H groups in total. The third kappa shape index (κ3) is 44.6. The third-order valence-corrected chi connectivity index (χ3v) is 17.8. The Morgan fingerprint density at radius 1 is 0.387 bits per heavy atom. The predicted octanol–water partition coefficient (Wildman–Crippen LogP) is 8.39. The van der Waals surface area contributed by atoms with Crippen molar-refractivity contribution >= 4 is 40.4 Å². The fourth-order valence-electron chi connectivity index (χ4n) is 11.1. The summed E-state index contributed by atoms with van der Waals surface area (Å²) in [6.07, 6.45) is 8.56. The van der Waals surface area contributed by atoms with E-state index in [0.717, 1.165) is 110 Å². The standard InChI is InChI=1S/2C15H24N2O2.2C13H23N3O.C13H22N2O2.C12H22N2O2S/c2*1-15(2,3)7-6-12-10-13(11-16-12)19-14(18)17-8-4-5-9-17;2*1-5-14-12(17)16-11-8-10(15-9-11)6-7-13(2,3)4;1-5-17-12(16)15-11-8-10(14-9-11)6-7-13(2,3)4;1-5-17(15,16)14-11-8-10(13-9-11)6-7-12(2,3)4/h2*12-13,16H,4-5,8-11H2,1-3H3;2*10-11,15H,5,8-9H2,1-4H3,(H2,14,16,17);10-11,14H,5,8-9H2,1-4H3,(H,15,16);10-11,13-14H,5,8-9H2,1-4H3/t12?,13-;12-,13+;10?,11-;10-,11-;10?,11-;10-,11-/m110111/s1. The fraction of sp³-hybridized carbons (Fsp3) is 0.790. The molecule has 0 saturated carbocycles. The number of alkyl carbamates (subject to hydrolysis) is 1. The second kappa shape index (κ2) is 45.4. The highest BCUT2D eigenvalue weighted by Gasteiger charge is 2.33. The number of ether oxygens (including phenoxy) is 3. The fourth-order valence-corrected chi connectivity index (χ4v) is 12.0. The van der Waals surface area contributed by atoms with E-state index >= 15 is 0 Å². The summed E-state index contributed by atoms with van der Waals surface area (Å²) < 4.78 is 41.3. The molecule has 7 amide bonds.